The minimum absolute atomic E-state index is 0.0445. The maximum absolute atomic E-state index is 13.3. The van der Waals surface area contributed by atoms with Gasteiger partial charge in [0.05, 0.1) is 41.5 Å². The zero-order chi connectivity index (χ0) is 39.1. The van der Waals surface area contributed by atoms with Gasteiger partial charge >= 0.3 is 0 Å². The first-order chi connectivity index (χ1) is 26.5. The van der Waals surface area contributed by atoms with Crippen LogP contribution < -0.4 is 10.1 Å². The zero-order valence-corrected chi connectivity index (χ0v) is 33.5. The number of unbranched alkanes of at least 4 members (excludes halogenated alkanes) is 1. The highest BCUT2D eigenvalue weighted by molar-refractivity contribution is 7.91. The Kier molecular flexibility index (Phi) is 13.0. The third kappa shape index (κ3) is 9.41. The van der Waals surface area contributed by atoms with E-state index in [2.05, 4.69) is 20.7 Å². The molecule has 12 nitrogen and oxygen atoms in total. The Balaban J connectivity index is 0.946. The number of halogens is 1. The molecule has 1 N–H and O–H groups in total. The molecule has 0 fully saturated rings. The Hall–Kier alpha value is -4.69. The van der Waals surface area contributed by atoms with Gasteiger partial charge < -0.3 is 19.3 Å². The number of ketones is 1. The lowest BCUT2D eigenvalue weighted by Gasteiger charge is -2.14. The molecular formula is C41H47ClN6O6S. The van der Waals surface area contributed by atoms with Crippen molar-refractivity contribution in [1.82, 2.24) is 25.2 Å². The van der Waals surface area contributed by atoms with Crippen LogP contribution in [0.3, 0.4) is 0 Å². The molecule has 290 valence electrons. The van der Waals surface area contributed by atoms with Crippen molar-refractivity contribution >= 4 is 32.9 Å². The number of carbonyl (C=O) groups excluding carboxylic acids is 1. The quantitative estimate of drug-likeness (QED) is 0.0896. The highest BCUT2D eigenvalue weighted by Crippen LogP contribution is 2.35. The fourth-order valence-electron chi connectivity index (χ4n) is 6.87. The molecule has 0 aliphatic carbocycles. The molecule has 1 atom stereocenters. The van der Waals surface area contributed by atoms with E-state index in [1.165, 1.54) is 0 Å². The van der Waals surface area contributed by atoms with Crippen LogP contribution in [0.15, 0.2) is 75.1 Å². The number of fused-ring (bicyclic) bond motifs is 3. The third-order valence-electron chi connectivity index (χ3n) is 9.70. The minimum atomic E-state index is -3.47. The summed E-state index contributed by atoms with van der Waals surface area (Å²) < 4.78 is 45.0. The van der Waals surface area contributed by atoms with E-state index in [9.17, 15) is 13.2 Å². The average molecular weight is 787 g/mol. The average Bonchev–Trinajstić information content (AvgIpc) is 3.68. The standard InChI is InChI=1S/C41H47ClN6O6S/c1-26-10-11-31(39-27(2)47-54-28(39)3)23-38(26)55(50,51)22-7-6-20-53-21-19-43-18-8-9-33(49)24-36-41-46-45-29(4)48(41)37-17-16-34(52-5)25-35(37)40(44-36)30-12-14-32(42)15-13-30/h10-17,23,25,36,43H,6-9,18-22,24H2,1-5H3/t36-/m0/s1. The van der Waals surface area contributed by atoms with Gasteiger partial charge in [0.15, 0.2) is 15.7 Å². The number of nitrogens with one attached hydrogen (secondary N) is 1. The van der Waals surface area contributed by atoms with Gasteiger partial charge in [-0.2, -0.15) is 0 Å². The Morgan fingerprint density at radius 1 is 0.927 bits per heavy atom. The predicted octanol–water partition coefficient (Wildman–Crippen LogP) is 7.31. The van der Waals surface area contributed by atoms with E-state index in [4.69, 9.17) is 30.6 Å². The van der Waals surface area contributed by atoms with Crippen LogP contribution in [0.5, 0.6) is 5.75 Å². The number of sulfone groups is 1. The molecule has 0 amide bonds. The number of aliphatic imine (C=N–C) groups is 1. The van der Waals surface area contributed by atoms with Crippen molar-refractivity contribution in [2.75, 3.05) is 39.2 Å². The summed E-state index contributed by atoms with van der Waals surface area (Å²) in [4.78, 5) is 18.8. The van der Waals surface area contributed by atoms with E-state index in [0.29, 0.717) is 90.6 Å². The number of Topliss-reactive ketones (excluding diaryl/α,β-unsaturated/α-hetero) is 1. The molecule has 3 heterocycles. The lowest BCUT2D eigenvalue weighted by Crippen LogP contribution is -2.22. The largest absolute Gasteiger partial charge is 0.497 e. The Bertz CT molecular complexity index is 2260. The van der Waals surface area contributed by atoms with Crippen LogP contribution in [0.25, 0.3) is 16.8 Å². The van der Waals surface area contributed by atoms with E-state index in [0.717, 1.165) is 39.3 Å². The van der Waals surface area contributed by atoms with Gasteiger partial charge in [-0.15, -0.1) is 10.2 Å². The van der Waals surface area contributed by atoms with Crippen molar-refractivity contribution in [1.29, 1.82) is 0 Å². The maximum atomic E-state index is 13.3. The second-order valence-corrected chi connectivity index (χ2v) is 16.3. The normalized spacial score (nSPS) is 13.9. The topological polar surface area (TPSA) is 151 Å². The van der Waals surface area contributed by atoms with Gasteiger partial charge in [-0.3, -0.25) is 14.4 Å². The molecule has 0 saturated carbocycles. The number of benzene rings is 3. The van der Waals surface area contributed by atoms with Crippen molar-refractivity contribution in [3.8, 4) is 22.6 Å². The number of ether oxygens (including phenoxy) is 2. The molecule has 0 saturated heterocycles. The first-order valence-electron chi connectivity index (χ1n) is 18.5. The molecule has 3 aromatic carbocycles. The van der Waals surface area contributed by atoms with Gasteiger partial charge in [0.25, 0.3) is 0 Å². The van der Waals surface area contributed by atoms with E-state index in [-0.39, 0.29) is 18.0 Å². The molecule has 14 heteroatoms. The van der Waals surface area contributed by atoms with Gasteiger partial charge in [-0.25, -0.2) is 8.42 Å². The first-order valence-corrected chi connectivity index (χ1v) is 20.5. The van der Waals surface area contributed by atoms with E-state index < -0.39 is 15.9 Å². The summed E-state index contributed by atoms with van der Waals surface area (Å²) in [5.74, 6) is 2.79. The summed E-state index contributed by atoms with van der Waals surface area (Å²) in [5, 5.41) is 16.8. The summed E-state index contributed by atoms with van der Waals surface area (Å²) in [5.41, 5.74) is 6.37. The molecule has 0 bridgehead atoms. The van der Waals surface area contributed by atoms with E-state index >= 15 is 0 Å². The van der Waals surface area contributed by atoms with Crippen molar-refractivity contribution in [3.05, 3.63) is 105 Å². The number of rotatable bonds is 18. The van der Waals surface area contributed by atoms with Crippen molar-refractivity contribution in [2.24, 2.45) is 4.99 Å². The van der Waals surface area contributed by atoms with Crippen LogP contribution in [0.4, 0.5) is 0 Å². The number of aromatic nitrogens is 4. The van der Waals surface area contributed by atoms with Crippen LogP contribution in [0.1, 0.15) is 77.9 Å². The zero-order valence-electron chi connectivity index (χ0n) is 31.9. The van der Waals surface area contributed by atoms with Crippen molar-refractivity contribution in [2.45, 2.75) is 70.7 Å². The third-order valence-corrected chi connectivity index (χ3v) is 11.9. The van der Waals surface area contributed by atoms with Crippen molar-refractivity contribution < 1.29 is 27.2 Å². The SMILES string of the molecule is COc1ccc2c(c1)C(c1ccc(Cl)cc1)=N[C@@H](CC(=O)CCCNCCOCCCCS(=O)(=O)c1cc(-c3c(C)noc3C)ccc1C)c1nnc(C)n1-2. The summed E-state index contributed by atoms with van der Waals surface area (Å²) in [7, 11) is -1.85. The molecule has 0 spiro atoms. The summed E-state index contributed by atoms with van der Waals surface area (Å²) in [6.07, 6.45) is 2.36. The summed E-state index contributed by atoms with van der Waals surface area (Å²) in [6.45, 7) is 9.61. The van der Waals surface area contributed by atoms with Crippen LogP contribution in [-0.4, -0.2) is 79.0 Å². The predicted molar refractivity (Wildman–Crippen MR) is 212 cm³/mol. The summed E-state index contributed by atoms with van der Waals surface area (Å²) >= 11 is 6.22. The lowest BCUT2D eigenvalue weighted by atomic mass is 9.99. The van der Waals surface area contributed by atoms with Gasteiger partial charge in [-0.1, -0.05) is 41.0 Å². The van der Waals surface area contributed by atoms with Gasteiger partial charge in [0, 0.05) is 47.7 Å². The molecule has 0 unspecified atom stereocenters. The number of hydrogen-bond acceptors (Lipinski definition) is 11. The fourth-order valence-corrected chi connectivity index (χ4v) is 8.66. The van der Waals surface area contributed by atoms with Crippen LogP contribution in [0.2, 0.25) is 5.02 Å². The van der Waals surface area contributed by atoms with Crippen LogP contribution in [0, 0.1) is 27.7 Å². The van der Waals surface area contributed by atoms with Gasteiger partial charge in [0.1, 0.15) is 29.2 Å². The second kappa shape index (κ2) is 17.8. The molecule has 1 aliphatic heterocycles. The highest BCUT2D eigenvalue weighted by Gasteiger charge is 2.30. The molecule has 5 aromatic rings. The first kappa shape index (κ1) is 40.0. The molecular weight excluding hydrogens is 740 g/mol. The summed E-state index contributed by atoms with van der Waals surface area (Å²) in [6, 6.07) is 18.2. The van der Waals surface area contributed by atoms with Gasteiger partial charge in [0.2, 0.25) is 0 Å². The molecule has 2 aromatic heterocycles. The number of methoxy groups -OCH3 is 1. The highest BCUT2D eigenvalue weighted by atomic mass is 35.5. The molecule has 55 heavy (non-hydrogen) atoms. The van der Waals surface area contributed by atoms with Gasteiger partial charge in [-0.05, 0) is 101 Å². The fraction of sp³-hybridized carbons (Fsp3) is 0.390. The molecule has 1 aliphatic rings. The monoisotopic (exact) mass is 786 g/mol. The Morgan fingerprint density at radius 3 is 2.45 bits per heavy atom. The Morgan fingerprint density at radius 2 is 1.71 bits per heavy atom. The van der Waals surface area contributed by atoms with Crippen LogP contribution >= 0.6 is 11.6 Å². The lowest BCUT2D eigenvalue weighted by molar-refractivity contribution is -0.119. The van der Waals surface area contributed by atoms with Crippen molar-refractivity contribution in [3.63, 3.8) is 0 Å². The molecule has 6 rings (SSSR count). The maximum Gasteiger partial charge on any atom is 0.178 e. The molecule has 0 radical (unpaired) electrons. The number of hydrogen-bond donors (Lipinski definition) is 1. The number of carbonyl (C=O) groups is 1. The smallest absolute Gasteiger partial charge is 0.178 e. The van der Waals surface area contributed by atoms with E-state index in [1.807, 2.05) is 86.9 Å². The second-order valence-electron chi connectivity index (χ2n) is 13.7. The minimum Gasteiger partial charge on any atom is -0.497 e. The van der Waals surface area contributed by atoms with Crippen LogP contribution in [-0.2, 0) is 19.4 Å². The number of aryl methyl sites for hydroxylation is 4. The Labute approximate surface area is 327 Å². The number of nitrogens with zero attached hydrogens (tertiary/aromatic N) is 5. The van der Waals surface area contributed by atoms with E-state index in [1.54, 1.807) is 13.2 Å².